The van der Waals surface area contributed by atoms with Gasteiger partial charge in [0.1, 0.15) is 12.0 Å². The maximum Gasteiger partial charge on any atom is 0.332 e. The molecular weight excluding hydrogens is 629 g/mol. The maximum absolute atomic E-state index is 11.1. The number of methoxy groups -OCH3 is 1. The van der Waals surface area contributed by atoms with Crippen molar-refractivity contribution in [2.75, 3.05) is 47.6 Å². The van der Waals surface area contributed by atoms with Crippen molar-refractivity contribution in [2.24, 2.45) is 17.6 Å². The normalized spacial score (nSPS) is 13.3. The van der Waals surface area contributed by atoms with Crippen molar-refractivity contribution < 1.29 is 47.7 Å². The monoisotopic (exact) mass is 683 g/mol. The molecule has 1 aromatic rings. The molecule has 0 unspecified atom stereocenters. The summed E-state index contributed by atoms with van der Waals surface area (Å²) in [6, 6.07) is 9.44. The molecule has 2 rings (SSSR count). The molecule has 1 fully saturated rings. The van der Waals surface area contributed by atoms with E-state index in [0.717, 1.165) is 24.8 Å². The fraction of sp³-hybridized carbons (Fsp3) is 0.600. The van der Waals surface area contributed by atoms with Crippen molar-refractivity contribution in [1.29, 1.82) is 0 Å². The van der Waals surface area contributed by atoms with Crippen LogP contribution in [0, 0.1) is 11.8 Å². The Hall–Kier alpha value is -2.48. The van der Waals surface area contributed by atoms with Crippen molar-refractivity contribution in [1.82, 2.24) is 10.2 Å². The number of ether oxygens (including phenoxy) is 1. The van der Waals surface area contributed by atoms with E-state index in [1.54, 1.807) is 32.0 Å². The third kappa shape index (κ3) is 35.9. The molecule has 2 amide bonds. The minimum atomic E-state index is -1.36. The summed E-state index contributed by atoms with van der Waals surface area (Å²) in [5, 5.41) is 17.8. The largest absolute Gasteiger partial charge is 0.481 e. The predicted molar refractivity (Wildman–Crippen MR) is 178 cm³/mol. The molecule has 1 aromatic carbocycles. The number of rotatable bonds is 12. The molecule has 0 spiro atoms. The van der Waals surface area contributed by atoms with Crippen LogP contribution in [-0.2, 0) is 37.5 Å². The fourth-order valence-corrected chi connectivity index (χ4v) is 3.25. The number of carboxylic acids is 1. The summed E-state index contributed by atoms with van der Waals surface area (Å²) in [5.41, 5.74) is 5.16. The van der Waals surface area contributed by atoms with Crippen LogP contribution in [0.25, 0.3) is 0 Å². The maximum atomic E-state index is 11.1. The molecule has 1 heterocycles. The first kappa shape index (κ1) is 49.4. The van der Waals surface area contributed by atoms with E-state index < -0.39 is 26.2 Å². The molecule has 45 heavy (non-hydrogen) atoms. The number of carbonyl (C=O) groups is 4. The minimum Gasteiger partial charge on any atom is -0.481 e. The molecule has 262 valence electrons. The first-order valence-corrected chi connectivity index (χ1v) is 15.8. The van der Waals surface area contributed by atoms with E-state index in [1.807, 2.05) is 63.3 Å². The van der Waals surface area contributed by atoms with Crippen LogP contribution in [-0.4, -0.2) is 93.0 Å². The highest BCUT2D eigenvalue weighted by Gasteiger charge is 2.28. The zero-order chi connectivity index (χ0) is 35.7. The molecule has 0 radical (unpaired) electrons. The number of amides is 2. The Balaban J connectivity index is -0.000000308. The van der Waals surface area contributed by atoms with Gasteiger partial charge in [0.05, 0.1) is 25.7 Å². The molecule has 1 aliphatic rings. The van der Waals surface area contributed by atoms with E-state index >= 15 is 0 Å². The van der Waals surface area contributed by atoms with Crippen LogP contribution in [0.5, 0.6) is 0 Å². The lowest BCUT2D eigenvalue weighted by Crippen LogP contribution is -2.48. The van der Waals surface area contributed by atoms with Gasteiger partial charge in [0.25, 0.3) is 5.91 Å². The van der Waals surface area contributed by atoms with Crippen molar-refractivity contribution in [3.05, 3.63) is 47.6 Å². The summed E-state index contributed by atoms with van der Waals surface area (Å²) in [6.45, 7) is 12.9. The number of aliphatic carboxylic acids is 1. The third-order valence-corrected chi connectivity index (χ3v) is 5.95. The van der Waals surface area contributed by atoms with Gasteiger partial charge in [-0.2, -0.15) is 0 Å². The van der Waals surface area contributed by atoms with Crippen molar-refractivity contribution in [3.63, 3.8) is 0 Å². The second kappa shape index (κ2) is 34.4. The van der Waals surface area contributed by atoms with Gasteiger partial charge in [-0.3, -0.25) is 19.7 Å². The smallest absolute Gasteiger partial charge is 0.332 e. The number of benzene rings is 1. The number of imide groups is 1. The Bertz CT molecular complexity index is 877. The van der Waals surface area contributed by atoms with Gasteiger partial charge in [-0.15, -0.1) is 0 Å². The summed E-state index contributed by atoms with van der Waals surface area (Å²) in [4.78, 5) is 42.2. The number of aliphatic hydroxyl groups is 1. The number of aliphatic hydroxyl groups excluding tert-OH is 1. The zero-order valence-electron chi connectivity index (χ0n) is 28.1. The minimum absolute atomic E-state index is 0.137. The Morgan fingerprint density at radius 3 is 1.98 bits per heavy atom. The molecule has 0 saturated carbocycles. The molecule has 1 saturated heterocycles. The zero-order valence-corrected chi connectivity index (χ0v) is 29.8. The summed E-state index contributed by atoms with van der Waals surface area (Å²) in [6.07, 6.45) is 5.37. The second-order valence-corrected chi connectivity index (χ2v) is 10.8. The van der Waals surface area contributed by atoms with Crippen LogP contribution >= 0.6 is 20.2 Å². The quantitative estimate of drug-likeness (QED) is 0.104. The Labute approximate surface area is 275 Å². The van der Waals surface area contributed by atoms with Crippen LogP contribution in [0.4, 0.5) is 0 Å². The van der Waals surface area contributed by atoms with Gasteiger partial charge in [0.2, 0.25) is 6.41 Å². The molecule has 0 bridgehead atoms. The predicted octanol–water partition coefficient (Wildman–Crippen LogP) is 4.62. The van der Waals surface area contributed by atoms with Gasteiger partial charge in [0.15, 0.2) is 0 Å². The summed E-state index contributed by atoms with van der Waals surface area (Å²) >= 11 is 5.54. The SMILES string of the molecule is CC.CC(C)C(=O)O.CC(C)C=O.CO.CO[C@@](N)(CCN(C)/C=C\C(=O)NC=O)COP1OCCCO1.Clc1ccccc1. The fourth-order valence-electron chi connectivity index (χ4n) is 2.00. The van der Waals surface area contributed by atoms with Crippen LogP contribution in [0.1, 0.15) is 54.4 Å². The average Bonchev–Trinajstić information content (AvgIpc) is 3.05. The number of nitrogens with two attached hydrogens (primary N) is 1. The summed E-state index contributed by atoms with van der Waals surface area (Å²) < 4.78 is 21.5. The van der Waals surface area contributed by atoms with Crippen LogP contribution < -0.4 is 11.1 Å². The number of aldehydes is 1. The molecule has 0 aromatic heterocycles. The van der Waals surface area contributed by atoms with Gasteiger partial charge in [0, 0.05) is 57.4 Å². The molecule has 1 atom stereocenters. The van der Waals surface area contributed by atoms with Crippen LogP contribution in [0.3, 0.4) is 0 Å². The molecule has 5 N–H and O–H groups in total. The lowest BCUT2D eigenvalue weighted by atomic mass is 10.1. The molecule has 0 aliphatic carbocycles. The Morgan fingerprint density at radius 2 is 1.62 bits per heavy atom. The highest BCUT2D eigenvalue weighted by molar-refractivity contribution is 7.41. The van der Waals surface area contributed by atoms with E-state index in [9.17, 15) is 19.2 Å². The molecule has 13 nitrogen and oxygen atoms in total. The summed E-state index contributed by atoms with van der Waals surface area (Å²) in [7, 11) is 2.92. The van der Waals surface area contributed by atoms with Crippen molar-refractivity contribution in [2.45, 2.75) is 60.1 Å². The third-order valence-electron chi connectivity index (χ3n) is 4.57. The Morgan fingerprint density at radius 1 is 1.13 bits per heavy atom. The van der Waals surface area contributed by atoms with Crippen molar-refractivity contribution >= 4 is 44.8 Å². The highest BCUT2D eigenvalue weighted by Crippen LogP contribution is 2.43. The standard InChI is InChI=1S/C13H24N3O6P.C6H5Cl.C4H8O2.C4H8O.C2H6.CH4O/c1-16(6-4-12(18)15-11-17)7-5-13(14,19-2)10-22-23-20-8-3-9-21-23;7-6-4-2-1-3-5-6;1-3(2)4(5)6;1-4(2)3-5;2*1-2/h4,6,11H,3,5,7-10,14H2,1-2H3,(H,15,17,18);1-5H;3H,1-2H3,(H,5,6);3-4H,1-2H3;1-2H3;2H,1H3/b6-4-;;;;;/t13-;;;;;/m0...../s1. The number of nitrogens with one attached hydrogen (secondary N) is 1. The molecular formula is C30H55ClN3O10P. The first-order chi connectivity index (χ1) is 21.3. The number of nitrogens with zero attached hydrogens (tertiary/aromatic N) is 1. The number of carboxylic acid groups (broad SMARTS) is 1. The van der Waals surface area contributed by atoms with Crippen molar-refractivity contribution in [3.8, 4) is 0 Å². The van der Waals surface area contributed by atoms with Gasteiger partial charge < -0.3 is 43.9 Å². The highest BCUT2D eigenvalue weighted by atomic mass is 35.5. The molecule has 1 aliphatic heterocycles. The van der Waals surface area contributed by atoms with Gasteiger partial charge >= 0.3 is 14.6 Å². The van der Waals surface area contributed by atoms with Crippen LogP contribution in [0.2, 0.25) is 5.02 Å². The van der Waals surface area contributed by atoms with E-state index in [2.05, 4.69) is 0 Å². The Kier molecular flexibility index (Phi) is 37.8. The number of hydrogen-bond acceptors (Lipinski definition) is 11. The van der Waals surface area contributed by atoms with E-state index in [1.165, 1.54) is 13.2 Å². The van der Waals surface area contributed by atoms with E-state index in [4.69, 9.17) is 45.9 Å². The number of hydrogen-bond donors (Lipinski definition) is 4. The average molecular weight is 684 g/mol. The number of halogens is 1. The lowest BCUT2D eigenvalue weighted by molar-refractivity contribution is -0.140. The van der Waals surface area contributed by atoms with Gasteiger partial charge in [-0.25, -0.2) is 0 Å². The lowest BCUT2D eigenvalue weighted by Gasteiger charge is -2.31. The topological polar surface area (TPSA) is 187 Å². The van der Waals surface area contributed by atoms with Crippen LogP contribution in [0.15, 0.2) is 42.6 Å². The molecule has 15 heteroatoms. The number of carbonyl (C=O) groups excluding carboxylic acids is 3. The van der Waals surface area contributed by atoms with Gasteiger partial charge in [-0.1, -0.05) is 71.3 Å². The van der Waals surface area contributed by atoms with Gasteiger partial charge in [-0.05, 0) is 18.6 Å². The van der Waals surface area contributed by atoms with E-state index in [0.29, 0.717) is 32.6 Å². The van der Waals surface area contributed by atoms with E-state index in [-0.39, 0.29) is 18.4 Å². The summed E-state index contributed by atoms with van der Waals surface area (Å²) in [5.74, 6) is -1.26. The first-order valence-electron chi connectivity index (χ1n) is 14.3. The second-order valence-electron chi connectivity index (χ2n) is 9.13.